The van der Waals surface area contributed by atoms with Crippen LogP contribution >= 0.6 is 0 Å². The van der Waals surface area contributed by atoms with Crippen molar-refractivity contribution in [1.82, 2.24) is 15.0 Å². The number of para-hydroxylation sites is 1. The number of nitrogens with zero attached hydrogens (tertiary/aromatic N) is 3. The summed E-state index contributed by atoms with van der Waals surface area (Å²) in [5, 5.41) is 1.09. The van der Waals surface area contributed by atoms with Gasteiger partial charge in [-0.3, -0.25) is 4.98 Å². The van der Waals surface area contributed by atoms with Gasteiger partial charge in [-0.15, -0.1) is 0 Å². The average Bonchev–Trinajstić information content (AvgIpc) is 3.57. The first-order valence-electron chi connectivity index (χ1n) is 14.9. The Balaban J connectivity index is 1.18. The maximum Gasteiger partial charge on any atom is 0.160 e. The molecule has 45 heavy (non-hydrogen) atoms. The summed E-state index contributed by atoms with van der Waals surface area (Å²) in [6.45, 7) is 0. The van der Waals surface area contributed by atoms with Crippen molar-refractivity contribution in [3.8, 4) is 67.5 Å². The summed E-state index contributed by atoms with van der Waals surface area (Å²) in [5.41, 5.74) is 11.1. The molecule has 0 saturated heterocycles. The minimum atomic E-state index is 0.675. The molecule has 0 amide bonds. The van der Waals surface area contributed by atoms with Crippen molar-refractivity contribution < 1.29 is 4.42 Å². The predicted molar refractivity (Wildman–Crippen MR) is 182 cm³/mol. The Morgan fingerprint density at radius 2 is 0.933 bits per heavy atom. The van der Waals surface area contributed by atoms with Gasteiger partial charge in [0.15, 0.2) is 5.82 Å². The van der Waals surface area contributed by atoms with Gasteiger partial charge < -0.3 is 4.42 Å². The van der Waals surface area contributed by atoms with Crippen molar-refractivity contribution >= 4 is 11.0 Å². The SMILES string of the molecule is c1ccc(-c2ccc(-c3cc(-c4ccc(-c5cc6ccccc6o5)cc4)nc(-c4ccc(-c5cccnc5)cc4)n3)cc2)cc1. The number of pyridine rings is 1. The van der Waals surface area contributed by atoms with Gasteiger partial charge in [-0.1, -0.05) is 127 Å². The molecule has 4 heteroatoms. The maximum absolute atomic E-state index is 6.11. The lowest BCUT2D eigenvalue weighted by Gasteiger charge is -2.11. The number of aromatic nitrogens is 3. The predicted octanol–water partition coefficient (Wildman–Crippen LogP) is 10.6. The molecular formula is C41H27N3O. The van der Waals surface area contributed by atoms with Gasteiger partial charge in [0.25, 0.3) is 0 Å². The first-order chi connectivity index (χ1) is 22.3. The molecule has 3 heterocycles. The smallest absolute Gasteiger partial charge is 0.160 e. The lowest BCUT2D eigenvalue weighted by Crippen LogP contribution is -1.96. The van der Waals surface area contributed by atoms with Crippen LogP contribution in [-0.4, -0.2) is 15.0 Å². The molecular weight excluding hydrogens is 550 g/mol. The molecule has 0 fully saturated rings. The minimum absolute atomic E-state index is 0.675. The van der Waals surface area contributed by atoms with E-state index in [0.29, 0.717) is 5.82 Å². The van der Waals surface area contributed by atoms with Crippen molar-refractivity contribution in [3.05, 3.63) is 164 Å². The van der Waals surface area contributed by atoms with Crippen molar-refractivity contribution in [2.75, 3.05) is 0 Å². The topological polar surface area (TPSA) is 51.8 Å². The molecule has 0 aliphatic carbocycles. The molecule has 0 N–H and O–H groups in total. The van der Waals surface area contributed by atoms with Gasteiger partial charge in [-0.05, 0) is 46.5 Å². The lowest BCUT2D eigenvalue weighted by molar-refractivity contribution is 0.631. The summed E-state index contributed by atoms with van der Waals surface area (Å²) in [4.78, 5) is 14.4. The normalized spacial score (nSPS) is 11.1. The monoisotopic (exact) mass is 577 g/mol. The van der Waals surface area contributed by atoms with Gasteiger partial charge >= 0.3 is 0 Å². The highest BCUT2D eigenvalue weighted by Crippen LogP contribution is 2.33. The number of fused-ring (bicyclic) bond motifs is 1. The molecule has 0 bridgehead atoms. The molecule has 8 rings (SSSR count). The second kappa shape index (κ2) is 11.5. The van der Waals surface area contributed by atoms with Crippen LogP contribution in [0.1, 0.15) is 0 Å². The van der Waals surface area contributed by atoms with Gasteiger partial charge in [0.2, 0.25) is 0 Å². The molecule has 8 aromatic rings. The maximum atomic E-state index is 6.11. The van der Waals surface area contributed by atoms with E-state index in [-0.39, 0.29) is 0 Å². The molecule has 0 unspecified atom stereocenters. The summed E-state index contributed by atoms with van der Waals surface area (Å²) in [6.07, 6.45) is 3.66. The Hall–Kier alpha value is -6.13. The summed E-state index contributed by atoms with van der Waals surface area (Å²) >= 11 is 0. The number of rotatable bonds is 6. The molecule has 0 atom stereocenters. The number of furan rings is 1. The summed E-state index contributed by atoms with van der Waals surface area (Å²) in [6, 6.07) is 51.9. The molecule has 0 spiro atoms. The molecule has 0 aliphatic heterocycles. The van der Waals surface area contributed by atoms with Crippen LogP contribution < -0.4 is 0 Å². The molecule has 5 aromatic carbocycles. The molecule has 0 aliphatic rings. The molecule has 4 nitrogen and oxygen atoms in total. The minimum Gasteiger partial charge on any atom is -0.456 e. The van der Waals surface area contributed by atoms with E-state index < -0.39 is 0 Å². The van der Waals surface area contributed by atoms with Gasteiger partial charge in [0, 0.05) is 40.0 Å². The van der Waals surface area contributed by atoms with E-state index in [1.54, 1.807) is 6.20 Å². The largest absolute Gasteiger partial charge is 0.456 e. The quantitative estimate of drug-likeness (QED) is 0.197. The van der Waals surface area contributed by atoms with Crippen LogP contribution in [-0.2, 0) is 0 Å². The summed E-state index contributed by atoms with van der Waals surface area (Å²) in [7, 11) is 0. The lowest BCUT2D eigenvalue weighted by atomic mass is 10.0. The zero-order valence-electron chi connectivity index (χ0n) is 24.3. The first-order valence-corrected chi connectivity index (χ1v) is 14.9. The third-order valence-electron chi connectivity index (χ3n) is 8.04. The van der Waals surface area contributed by atoms with E-state index in [9.17, 15) is 0 Å². The Bertz CT molecular complexity index is 2090. The molecule has 0 radical (unpaired) electrons. The Morgan fingerprint density at radius 3 is 1.58 bits per heavy atom. The summed E-state index contributed by atoms with van der Waals surface area (Å²) in [5.74, 6) is 1.52. The average molecular weight is 578 g/mol. The van der Waals surface area contributed by atoms with E-state index >= 15 is 0 Å². The third-order valence-corrected chi connectivity index (χ3v) is 8.04. The fraction of sp³-hybridized carbons (Fsp3) is 0. The van der Waals surface area contributed by atoms with Crippen LogP contribution in [0.4, 0.5) is 0 Å². The van der Waals surface area contributed by atoms with E-state index in [4.69, 9.17) is 14.4 Å². The van der Waals surface area contributed by atoms with Crippen LogP contribution in [0.5, 0.6) is 0 Å². The number of benzene rings is 5. The highest BCUT2D eigenvalue weighted by atomic mass is 16.3. The zero-order chi connectivity index (χ0) is 30.0. The molecule has 212 valence electrons. The van der Waals surface area contributed by atoms with Gasteiger partial charge in [0.1, 0.15) is 11.3 Å². The second-order valence-electron chi connectivity index (χ2n) is 11.0. The highest BCUT2D eigenvalue weighted by molar-refractivity contribution is 5.83. The van der Waals surface area contributed by atoms with Crippen LogP contribution in [0, 0.1) is 0 Å². The van der Waals surface area contributed by atoms with Crippen LogP contribution in [0.3, 0.4) is 0 Å². The highest BCUT2D eigenvalue weighted by Gasteiger charge is 2.13. The second-order valence-corrected chi connectivity index (χ2v) is 11.0. The first kappa shape index (κ1) is 26.5. The van der Waals surface area contributed by atoms with Gasteiger partial charge in [-0.25, -0.2) is 9.97 Å². The van der Waals surface area contributed by atoms with Crippen molar-refractivity contribution in [1.29, 1.82) is 0 Å². The van der Waals surface area contributed by atoms with Crippen LogP contribution in [0.2, 0.25) is 0 Å². The van der Waals surface area contributed by atoms with Gasteiger partial charge in [-0.2, -0.15) is 0 Å². The fourth-order valence-electron chi connectivity index (χ4n) is 5.61. The standard InChI is InChI=1S/C41H27N3O/c1-2-7-28(8-3-1)29-12-16-31(17-13-29)37-26-38(32-18-20-33(21-19-32)40-25-35-9-4-5-11-39(35)45-40)44-41(43-37)34-22-14-30(15-23-34)36-10-6-24-42-27-36/h1-27H. The van der Waals surface area contributed by atoms with Crippen LogP contribution in [0.25, 0.3) is 78.4 Å². The Kier molecular flexibility index (Phi) is 6.78. The third kappa shape index (κ3) is 5.41. The fourth-order valence-corrected chi connectivity index (χ4v) is 5.61. The number of hydrogen-bond acceptors (Lipinski definition) is 4. The van der Waals surface area contributed by atoms with Crippen LogP contribution in [0.15, 0.2) is 168 Å². The van der Waals surface area contributed by atoms with Crippen molar-refractivity contribution in [3.63, 3.8) is 0 Å². The van der Waals surface area contributed by atoms with Crippen molar-refractivity contribution in [2.24, 2.45) is 0 Å². The van der Waals surface area contributed by atoms with Gasteiger partial charge in [0.05, 0.1) is 11.4 Å². The molecule has 0 saturated carbocycles. The van der Waals surface area contributed by atoms with E-state index in [1.807, 2.05) is 36.5 Å². The zero-order valence-corrected chi connectivity index (χ0v) is 24.3. The Labute approximate surface area is 261 Å². The van der Waals surface area contributed by atoms with Crippen molar-refractivity contribution in [2.45, 2.75) is 0 Å². The molecule has 3 aromatic heterocycles. The Morgan fingerprint density at radius 1 is 0.400 bits per heavy atom. The van der Waals surface area contributed by atoms with E-state index in [1.165, 1.54) is 11.1 Å². The van der Waals surface area contributed by atoms with E-state index in [2.05, 4.69) is 126 Å². The number of hydrogen-bond donors (Lipinski definition) is 0. The summed E-state index contributed by atoms with van der Waals surface area (Å²) < 4.78 is 6.11. The van der Waals surface area contributed by atoms with E-state index in [0.717, 1.165) is 61.5 Å².